The van der Waals surface area contributed by atoms with Crippen LogP contribution in [0.3, 0.4) is 0 Å². The monoisotopic (exact) mass is 458 g/mol. The van der Waals surface area contributed by atoms with Crippen LogP contribution in [0.25, 0.3) is 33.1 Å². The van der Waals surface area contributed by atoms with E-state index in [2.05, 4.69) is 21.0 Å². The van der Waals surface area contributed by atoms with Crippen molar-refractivity contribution >= 4 is 27.8 Å². The molecule has 0 fully saturated rings. The number of carbonyl (C=O) groups is 1. The van der Waals surface area contributed by atoms with Crippen LogP contribution in [-0.2, 0) is 6.54 Å². The molecule has 0 atom stereocenters. The second-order valence-corrected chi connectivity index (χ2v) is 8.49. The summed E-state index contributed by atoms with van der Waals surface area (Å²) >= 11 is 0. The van der Waals surface area contributed by atoms with E-state index in [0.29, 0.717) is 25.1 Å². The van der Waals surface area contributed by atoms with E-state index in [1.165, 1.54) is 12.1 Å². The van der Waals surface area contributed by atoms with Gasteiger partial charge in [-0.25, -0.2) is 13.8 Å². The first-order valence-corrected chi connectivity index (χ1v) is 10.9. The molecule has 3 aromatic carbocycles. The van der Waals surface area contributed by atoms with Crippen molar-refractivity contribution in [3.63, 3.8) is 0 Å². The summed E-state index contributed by atoms with van der Waals surface area (Å²) in [5.74, 6) is -0.130. The molecule has 2 N–H and O–H groups in total. The van der Waals surface area contributed by atoms with Gasteiger partial charge in [-0.2, -0.15) is 0 Å². The molecule has 6 rings (SSSR count). The van der Waals surface area contributed by atoms with Gasteiger partial charge in [-0.05, 0) is 54.4 Å². The predicted octanol–water partition coefficient (Wildman–Crippen LogP) is 5.33. The Hall–Kier alpha value is -4.20. The molecule has 0 unspecified atom stereocenters. The minimum Gasteiger partial charge on any atom is -0.491 e. The molecule has 0 radical (unpaired) electrons. The molecule has 0 saturated carbocycles. The number of nitrogens with one attached hydrogen (secondary N) is 2. The molecule has 34 heavy (non-hydrogen) atoms. The second kappa shape index (κ2) is 7.69. The molecule has 0 saturated heterocycles. The van der Waals surface area contributed by atoms with Crippen molar-refractivity contribution in [2.24, 2.45) is 0 Å². The number of carbonyl (C=O) groups excluding carboxylic acids is 1. The largest absolute Gasteiger partial charge is 0.491 e. The zero-order valence-corrected chi connectivity index (χ0v) is 18.3. The summed E-state index contributed by atoms with van der Waals surface area (Å²) in [4.78, 5) is 25.4. The number of hydrogen-bond donors (Lipinski definition) is 2. The average molecular weight is 458 g/mol. The fourth-order valence-electron chi connectivity index (χ4n) is 4.51. The maximum absolute atomic E-state index is 14.1. The molecule has 5 aromatic rings. The van der Waals surface area contributed by atoms with Crippen molar-refractivity contribution in [1.82, 2.24) is 19.9 Å². The Labute approximate surface area is 193 Å². The highest BCUT2D eigenvalue weighted by molar-refractivity contribution is 5.98. The number of fused-ring (bicyclic) bond motifs is 3. The third-order valence-electron chi connectivity index (χ3n) is 6.14. The smallest absolute Gasteiger partial charge is 0.270 e. The number of ether oxygens (including phenoxy) is 1. The van der Waals surface area contributed by atoms with E-state index in [-0.39, 0.29) is 17.1 Å². The SMILES string of the molecule is Cc1nc2ccc(-c3ccc4c(c3)CN(C(=O)c3cc5cc(F)cc(F)c5[nH]3)CCO4)cc2[nH]1. The fourth-order valence-corrected chi connectivity index (χ4v) is 4.51. The highest BCUT2D eigenvalue weighted by Crippen LogP contribution is 2.31. The van der Waals surface area contributed by atoms with E-state index in [1.807, 2.05) is 37.3 Å². The molecule has 3 heterocycles. The minimum atomic E-state index is -0.729. The first kappa shape index (κ1) is 20.4. The molecule has 6 nitrogen and oxygen atoms in total. The highest BCUT2D eigenvalue weighted by Gasteiger charge is 2.23. The number of nitrogens with zero attached hydrogens (tertiary/aromatic N) is 2. The average Bonchev–Trinajstić information content (AvgIpc) is 3.33. The maximum atomic E-state index is 14.1. The minimum absolute atomic E-state index is 0.114. The highest BCUT2D eigenvalue weighted by atomic mass is 19.1. The summed E-state index contributed by atoms with van der Waals surface area (Å²) in [6.45, 7) is 2.96. The van der Waals surface area contributed by atoms with Crippen LogP contribution in [0.15, 0.2) is 54.6 Å². The Morgan fingerprint density at radius 1 is 1.03 bits per heavy atom. The molecule has 1 aliphatic rings. The van der Waals surface area contributed by atoms with Crippen LogP contribution in [0.4, 0.5) is 8.78 Å². The lowest BCUT2D eigenvalue weighted by atomic mass is 10.0. The summed E-state index contributed by atoms with van der Waals surface area (Å²) in [5, 5.41) is 0.319. The standard InChI is InChI=1S/C26H20F2N4O2/c1-14-29-21-4-2-16(10-22(21)30-14)15-3-5-24-18(8-15)13-32(6-7-34-24)26(33)23-11-17-9-19(27)12-20(28)25(17)31-23/h2-5,8-12,31H,6-7,13H2,1H3,(H,29,30). The van der Waals surface area contributed by atoms with E-state index < -0.39 is 11.6 Å². The van der Waals surface area contributed by atoms with Crippen molar-refractivity contribution in [3.8, 4) is 16.9 Å². The van der Waals surface area contributed by atoms with Crippen LogP contribution < -0.4 is 4.74 Å². The lowest BCUT2D eigenvalue weighted by Gasteiger charge is -2.19. The first-order valence-electron chi connectivity index (χ1n) is 10.9. The van der Waals surface area contributed by atoms with Gasteiger partial charge in [-0.15, -0.1) is 0 Å². The van der Waals surface area contributed by atoms with Gasteiger partial charge in [-0.3, -0.25) is 4.79 Å². The van der Waals surface area contributed by atoms with E-state index in [4.69, 9.17) is 4.74 Å². The Balaban J connectivity index is 1.32. The van der Waals surface area contributed by atoms with Crippen molar-refractivity contribution < 1.29 is 18.3 Å². The summed E-state index contributed by atoms with van der Waals surface area (Å²) in [5.41, 5.74) is 5.08. The maximum Gasteiger partial charge on any atom is 0.270 e. The van der Waals surface area contributed by atoms with Crippen LogP contribution in [0, 0.1) is 18.6 Å². The number of H-pyrrole nitrogens is 2. The molecule has 0 aliphatic carbocycles. The van der Waals surface area contributed by atoms with E-state index in [9.17, 15) is 13.6 Å². The van der Waals surface area contributed by atoms with E-state index >= 15 is 0 Å². The van der Waals surface area contributed by atoms with Gasteiger partial charge in [-0.1, -0.05) is 12.1 Å². The molecule has 170 valence electrons. The number of benzene rings is 3. The zero-order chi connectivity index (χ0) is 23.4. The van der Waals surface area contributed by atoms with Gasteiger partial charge < -0.3 is 19.6 Å². The fraction of sp³-hybridized carbons (Fsp3) is 0.154. The number of rotatable bonds is 2. The Bertz CT molecular complexity index is 1590. The second-order valence-electron chi connectivity index (χ2n) is 8.49. The Kier molecular flexibility index (Phi) is 4.62. The molecular weight excluding hydrogens is 438 g/mol. The van der Waals surface area contributed by atoms with Gasteiger partial charge in [0.2, 0.25) is 0 Å². The quantitative estimate of drug-likeness (QED) is 0.375. The Morgan fingerprint density at radius 3 is 2.74 bits per heavy atom. The number of halogens is 2. The lowest BCUT2D eigenvalue weighted by molar-refractivity contribution is 0.0728. The normalized spacial score (nSPS) is 13.7. The van der Waals surface area contributed by atoms with E-state index in [0.717, 1.165) is 45.4 Å². The van der Waals surface area contributed by atoms with Crippen LogP contribution >= 0.6 is 0 Å². The number of imidazole rings is 1. The summed E-state index contributed by atoms with van der Waals surface area (Å²) in [6, 6.07) is 15.5. The van der Waals surface area contributed by atoms with E-state index in [1.54, 1.807) is 4.90 Å². The van der Waals surface area contributed by atoms with Gasteiger partial charge in [0, 0.05) is 23.6 Å². The Morgan fingerprint density at radius 2 is 1.85 bits per heavy atom. The number of aryl methyl sites for hydroxylation is 1. The molecule has 8 heteroatoms. The van der Waals surface area contributed by atoms with Gasteiger partial charge in [0.05, 0.1) is 23.1 Å². The molecular formula is C26H20F2N4O2. The predicted molar refractivity (Wildman–Crippen MR) is 125 cm³/mol. The summed E-state index contributed by atoms with van der Waals surface area (Å²) in [6.07, 6.45) is 0. The molecule has 1 amide bonds. The number of amides is 1. The first-order chi connectivity index (χ1) is 16.4. The van der Waals surface area contributed by atoms with Crippen LogP contribution in [-0.4, -0.2) is 38.9 Å². The number of hydrogen-bond acceptors (Lipinski definition) is 3. The lowest BCUT2D eigenvalue weighted by Crippen LogP contribution is -2.32. The van der Waals surface area contributed by atoms with Gasteiger partial charge in [0.1, 0.15) is 35.5 Å². The topological polar surface area (TPSA) is 74.0 Å². The van der Waals surface area contributed by atoms with Gasteiger partial charge >= 0.3 is 0 Å². The summed E-state index contributed by atoms with van der Waals surface area (Å²) < 4.78 is 33.6. The van der Waals surface area contributed by atoms with Gasteiger partial charge in [0.25, 0.3) is 5.91 Å². The van der Waals surface area contributed by atoms with Crippen LogP contribution in [0.5, 0.6) is 5.75 Å². The van der Waals surface area contributed by atoms with Crippen LogP contribution in [0.1, 0.15) is 21.9 Å². The van der Waals surface area contributed by atoms with Crippen molar-refractivity contribution in [2.45, 2.75) is 13.5 Å². The third-order valence-corrected chi connectivity index (χ3v) is 6.14. The van der Waals surface area contributed by atoms with Crippen molar-refractivity contribution in [3.05, 3.63) is 83.3 Å². The number of aromatic amines is 2. The molecule has 0 spiro atoms. The number of aromatic nitrogens is 3. The molecule has 2 aromatic heterocycles. The summed E-state index contributed by atoms with van der Waals surface area (Å²) in [7, 11) is 0. The molecule has 1 aliphatic heterocycles. The zero-order valence-electron chi connectivity index (χ0n) is 18.3. The third kappa shape index (κ3) is 3.48. The molecule has 0 bridgehead atoms. The van der Waals surface area contributed by atoms with Crippen molar-refractivity contribution in [1.29, 1.82) is 0 Å². The van der Waals surface area contributed by atoms with Crippen LogP contribution in [0.2, 0.25) is 0 Å². The van der Waals surface area contributed by atoms with Gasteiger partial charge in [0.15, 0.2) is 0 Å². The van der Waals surface area contributed by atoms with Crippen molar-refractivity contribution in [2.75, 3.05) is 13.2 Å².